The van der Waals surface area contributed by atoms with Crippen molar-refractivity contribution in [3.63, 3.8) is 0 Å². The van der Waals surface area contributed by atoms with Crippen LogP contribution in [-0.2, 0) is 4.79 Å². The number of carbonyl (C=O) groups excluding carboxylic acids is 2. The number of pyridine rings is 1. The summed E-state index contributed by atoms with van der Waals surface area (Å²) in [5, 5.41) is 0. The Morgan fingerprint density at radius 2 is 2.19 bits per heavy atom. The summed E-state index contributed by atoms with van der Waals surface area (Å²) >= 11 is 0. The molecule has 4 nitrogen and oxygen atoms in total. The Hall–Kier alpha value is -1.97. The minimum Gasteiger partial charge on any atom is -0.319 e. The third-order valence-corrected chi connectivity index (χ3v) is 2.74. The smallest absolute Gasteiger partial charge is 0.237 e. The van der Waals surface area contributed by atoms with Gasteiger partial charge in [0.2, 0.25) is 5.91 Å². The van der Waals surface area contributed by atoms with Gasteiger partial charge in [0.15, 0.2) is 5.78 Å². The van der Waals surface area contributed by atoms with Gasteiger partial charge in [-0.3, -0.25) is 14.6 Å². The van der Waals surface area contributed by atoms with Crippen molar-refractivity contribution in [1.82, 2.24) is 9.88 Å². The normalized spacial score (nSPS) is 19.9. The summed E-state index contributed by atoms with van der Waals surface area (Å²) in [5.41, 5.74) is 0.541. The van der Waals surface area contributed by atoms with Crippen LogP contribution >= 0.6 is 0 Å². The van der Waals surface area contributed by atoms with Crippen molar-refractivity contribution in [2.24, 2.45) is 5.92 Å². The summed E-state index contributed by atoms with van der Waals surface area (Å²) in [7, 11) is 0. The van der Waals surface area contributed by atoms with E-state index in [1.165, 1.54) is 11.1 Å². The van der Waals surface area contributed by atoms with Gasteiger partial charge in [0, 0.05) is 24.5 Å². The first-order valence-electron chi connectivity index (χ1n) is 5.11. The zero-order chi connectivity index (χ0) is 11.5. The molecule has 1 fully saturated rings. The molecule has 1 saturated heterocycles. The number of amides is 1. The first kappa shape index (κ1) is 10.5. The lowest BCUT2D eigenvalue weighted by molar-refractivity contribution is -0.127. The standard InChI is InChI=1S/C12H12N2O2/c1-2-14-8-5-10(12(14)16)11(15)9-3-6-13-7-4-9/h2-4,6-7,10H,1,5,8H2/t10-/m1/s1. The molecule has 82 valence electrons. The molecular weight excluding hydrogens is 204 g/mol. The summed E-state index contributed by atoms with van der Waals surface area (Å²) in [6.45, 7) is 4.12. The van der Waals surface area contributed by atoms with Gasteiger partial charge < -0.3 is 4.90 Å². The molecule has 16 heavy (non-hydrogen) atoms. The zero-order valence-electron chi connectivity index (χ0n) is 8.80. The minimum atomic E-state index is -0.555. The first-order valence-corrected chi connectivity index (χ1v) is 5.11. The van der Waals surface area contributed by atoms with Crippen LogP contribution in [0.15, 0.2) is 37.3 Å². The fourth-order valence-corrected chi connectivity index (χ4v) is 1.84. The highest BCUT2D eigenvalue weighted by atomic mass is 16.2. The molecule has 1 aromatic rings. The molecule has 0 spiro atoms. The Kier molecular flexibility index (Phi) is 2.81. The Morgan fingerprint density at radius 3 is 2.75 bits per heavy atom. The SMILES string of the molecule is C=CN1CC[C@H](C(=O)c2ccncc2)C1=O. The van der Waals surface area contributed by atoms with E-state index < -0.39 is 5.92 Å². The van der Waals surface area contributed by atoms with E-state index in [4.69, 9.17) is 0 Å². The lowest BCUT2D eigenvalue weighted by Crippen LogP contribution is -2.26. The summed E-state index contributed by atoms with van der Waals surface area (Å²) < 4.78 is 0. The predicted octanol–water partition coefficient (Wildman–Crippen LogP) is 1.26. The van der Waals surface area contributed by atoms with E-state index in [9.17, 15) is 9.59 Å². The van der Waals surface area contributed by atoms with Gasteiger partial charge in [0.1, 0.15) is 5.92 Å². The largest absolute Gasteiger partial charge is 0.319 e. The van der Waals surface area contributed by atoms with Gasteiger partial charge in [-0.2, -0.15) is 0 Å². The molecule has 1 aromatic heterocycles. The summed E-state index contributed by atoms with van der Waals surface area (Å²) in [5.74, 6) is -0.839. The van der Waals surface area contributed by atoms with E-state index in [-0.39, 0.29) is 11.7 Å². The molecule has 0 saturated carbocycles. The zero-order valence-corrected chi connectivity index (χ0v) is 8.80. The van der Waals surface area contributed by atoms with Gasteiger partial charge in [0.25, 0.3) is 0 Å². The number of carbonyl (C=O) groups is 2. The van der Waals surface area contributed by atoms with Gasteiger partial charge in [-0.1, -0.05) is 6.58 Å². The molecule has 1 amide bonds. The number of rotatable bonds is 3. The fraction of sp³-hybridized carbons (Fsp3) is 0.250. The number of ketones is 1. The van der Waals surface area contributed by atoms with Crippen molar-refractivity contribution in [1.29, 1.82) is 0 Å². The van der Waals surface area contributed by atoms with Gasteiger partial charge >= 0.3 is 0 Å². The maximum Gasteiger partial charge on any atom is 0.237 e. The third kappa shape index (κ3) is 1.74. The van der Waals surface area contributed by atoms with Crippen LogP contribution in [0.5, 0.6) is 0 Å². The lowest BCUT2D eigenvalue weighted by atomic mass is 9.97. The van der Waals surface area contributed by atoms with Gasteiger partial charge in [-0.15, -0.1) is 0 Å². The van der Waals surface area contributed by atoms with Crippen LogP contribution in [0.2, 0.25) is 0 Å². The highest BCUT2D eigenvalue weighted by molar-refractivity contribution is 6.11. The summed E-state index contributed by atoms with van der Waals surface area (Å²) in [6.07, 6.45) is 5.14. The number of Topliss-reactive ketones (excluding diaryl/α,β-unsaturated/α-hetero) is 1. The van der Waals surface area contributed by atoms with Crippen molar-refractivity contribution >= 4 is 11.7 Å². The highest BCUT2D eigenvalue weighted by Gasteiger charge is 2.35. The highest BCUT2D eigenvalue weighted by Crippen LogP contribution is 2.22. The van der Waals surface area contributed by atoms with E-state index in [0.29, 0.717) is 18.5 Å². The predicted molar refractivity (Wildman–Crippen MR) is 58.6 cm³/mol. The number of nitrogens with zero attached hydrogens (tertiary/aromatic N) is 2. The molecule has 2 rings (SSSR count). The van der Waals surface area contributed by atoms with Crippen molar-refractivity contribution in [3.05, 3.63) is 42.9 Å². The maximum absolute atomic E-state index is 12.0. The average Bonchev–Trinajstić information content (AvgIpc) is 2.70. The second kappa shape index (κ2) is 4.26. The van der Waals surface area contributed by atoms with Crippen molar-refractivity contribution in [2.75, 3.05) is 6.54 Å². The van der Waals surface area contributed by atoms with Crippen LogP contribution < -0.4 is 0 Å². The Morgan fingerprint density at radius 1 is 1.50 bits per heavy atom. The topological polar surface area (TPSA) is 50.3 Å². The molecule has 0 N–H and O–H groups in total. The van der Waals surface area contributed by atoms with Gasteiger partial charge in [0.05, 0.1) is 0 Å². The quantitative estimate of drug-likeness (QED) is 0.564. The monoisotopic (exact) mass is 216 g/mol. The minimum absolute atomic E-state index is 0.128. The van der Waals surface area contributed by atoms with Crippen LogP contribution in [0.4, 0.5) is 0 Å². The summed E-state index contributed by atoms with van der Waals surface area (Å²) in [4.78, 5) is 29.1. The Labute approximate surface area is 93.6 Å². The first-order chi connectivity index (χ1) is 7.74. The molecule has 1 aliphatic rings. The second-order valence-corrected chi connectivity index (χ2v) is 3.66. The van der Waals surface area contributed by atoms with Crippen LogP contribution in [0.1, 0.15) is 16.8 Å². The van der Waals surface area contributed by atoms with Gasteiger partial charge in [-0.05, 0) is 24.8 Å². The molecule has 2 heterocycles. The average molecular weight is 216 g/mol. The summed E-state index contributed by atoms with van der Waals surface area (Å²) in [6, 6.07) is 3.26. The molecule has 0 radical (unpaired) electrons. The second-order valence-electron chi connectivity index (χ2n) is 3.66. The van der Waals surface area contributed by atoms with Crippen LogP contribution in [-0.4, -0.2) is 28.1 Å². The van der Waals surface area contributed by atoms with E-state index in [1.807, 2.05) is 0 Å². The molecule has 0 aromatic carbocycles. The van der Waals surface area contributed by atoms with Crippen molar-refractivity contribution in [2.45, 2.75) is 6.42 Å². The molecule has 0 unspecified atom stereocenters. The third-order valence-electron chi connectivity index (χ3n) is 2.74. The van der Waals surface area contributed by atoms with Gasteiger partial charge in [-0.25, -0.2) is 0 Å². The number of hydrogen-bond acceptors (Lipinski definition) is 3. The number of hydrogen-bond donors (Lipinski definition) is 0. The van der Waals surface area contributed by atoms with Crippen molar-refractivity contribution in [3.8, 4) is 0 Å². The maximum atomic E-state index is 12.0. The van der Waals surface area contributed by atoms with Crippen LogP contribution in [0.25, 0.3) is 0 Å². The van der Waals surface area contributed by atoms with E-state index in [1.54, 1.807) is 24.5 Å². The van der Waals surface area contributed by atoms with Crippen LogP contribution in [0, 0.1) is 5.92 Å². The number of aromatic nitrogens is 1. The fourth-order valence-electron chi connectivity index (χ4n) is 1.84. The molecular formula is C12H12N2O2. The molecule has 1 atom stereocenters. The van der Waals surface area contributed by atoms with Crippen LogP contribution in [0.3, 0.4) is 0 Å². The Balaban J connectivity index is 2.19. The molecule has 0 aliphatic carbocycles. The van der Waals surface area contributed by atoms with E-state index >= 15 is 0 Å². The Bertz CT molecular complexity index is 428. The number of likely N-dealkylation sites (tertiary alicyclic amines) is 1. The molecule has 1 aliphatic heterocycles. The molecule has 0 bridgehead atoms. The lowest BCUT2D eigenvalue weighted by Gasteiger charge is -2.09. The van der Waals surface area contributed by atoms with Crippen molar-refractivity contribution < 1.29 is 9.59 Å². The van der Waals surface area contributed by atoms with E-state index in [0.717, 1.165) is 0 Å². The molecule has 4 heteroatoms. The van der Waals surface area contributed by atoms with E-state index in [2.05, 4.69) is 11.6 Å².